The van der Waals surface area contributed by atoms with E-state index in [2.05, 4.69) is 40.3 Å². The highest BCUT2D eigenvalue weighted by Gasteiger charge is 2.05. The summed E-state index contributed by atoms with van der Waals surface area (Å²) in [6.07, 6.45) is 0. The van der Waals surface area contributed by atoms with Crippen LogP contribution in [-0.2, 0) is 13.1 Å². The molecule has 0 aliphatic carbocycles. The highest BCUT2D eigenvalue weighted by Crippen LogP contribution is 2.27. The third-order valence-electron chi connectivity index (χ3n) is 4.18. The summed E-state index contributed by atoms with van der Waals surface area (Å²) in [5.74, 6) is 1.79. The maximum absolute atomic E-state index is 6.00. The molecule has 2 aromatic carbocycles. The predicted molar refractivity (Wildman–Crippen MR) is 107 cm³/mol. The Morgan fingerprint density at radius 1 is 1.08 bits per heavy atom. The maximum atomic E-state index is 6.00. The number of guanidine groups is 1. The highest BCUT2D eigenvalue weighted by molar-refractivity contribution is 5.77. The molecule has 0 saturated heterocycles. The van der Waals surface area contributed by atoms with E-state index in [0.29, 0.717) is 30.5 Å². The summed E-state index contributed by atoms with van der Waals surface area (Å²) >= 11 is 0. The number of hydrogen-bond acceptors (Lipinski definition) is 4. The number of aliphatic imine (C=N–C) groups is 1. The molecule has 0 radical (unpaired) electrons. The number of hydrogen-bond donors (Lipinski definition) is 2. The largest absolute Gasteiger partial charge is 0.493 e. The van der Waals surface area contributed by atoms with E-state index in [1.54, 1.807) is 14.2 Å². The Bertz CT molecular complexity index is 772. The number of rotatable bonds is 7. The molecule has 2 rings (SSSR count). The summed E-state index contributed by atoms with van der Waals surface area (Å²) in [4.78, 5) is 6.48. The molecule has 0 aliphatic rings. The molecule has 0 bridgehead atoms. The van der Waals surface area contributed by atoms with Gasteiger partial charge in [-0.05, 0) is 47.9 Å². The first-order valence-corrected chi connectivity index (χ1v) is 8.46. The van der Waals surface area contributed by atoms with Gasteiger partial charge in [0.1, 0.15) is 0 Å². The minimum absolute atomic E-state index is 0.413. The van der Waals surface area contributed by atoms with Crippen LogP contribution in [0.5, 0.6) is 11.5 Å². The molecule has 0 fully saturated rings. The summed E-state index contributed by atoms with van der Waals surface area (Å²) < 4.78 is 10.5. The smallest absolute Gasteiger partial charge is 0.189 e. The van der Waals surface area contributed by atoms with Crippen molar-refractivity contribution < 1.29 is 9.47 Å². The van der Waals surface area contributed by atoms with Crippen LogP contribution in [0.3, 0.4) is 0 Å². The first kappa shape index (κ1) is 19.4. The molecule has 140 valence electrons. The van der Waals surface area contributed by atoms with Gasteiger partial charge < -0.3 is 25.4 Å². The van der Waals surface area contributed by atoms with Crippen molar-refractivity contribution in [2.24, 2.45) is 10.7 Å². The molecule has 0 saturated carbocycles. The molecule has 3 N–H and O–H groups in total. The van der Waals surface area contributed by atoms with Gasteiger partial charge >= 0.3 is 0 Å². The van der Waals surface area contributed by atoms with Gasteiger partial charge in [0.2, 0.25) is 0 Å². The van der Waals surface area contributed by atoms with E-state index < -0.39 is 0 Å². The molecule has 0 spiro atoms. The third kappa shape index (κ3) is 5.05. The van der Waals surface area contributed by atoms with Crippen LogP contribution >= 0.6 is 0 Å². The van der Waals surface area contributed by atoms with Crippen molar-refractivity contribution in [2.45, 2.75) is 20.0 Å². The van der Waals surface area contributed by atoms with Gasteiger partial charge in [0, 0.05) is 26.3 Å². The summed E-state index contributed by atoms with van der Waals surface area (Å²) in [7, 11) is 7.30. The van der Waals surface area contributed by atoms with Crippen LogP contribution in [0.15, 0.2) is 41.4 Å². The minimum atomic E-state index is 0.413. The van der Waals surface area contributed by atoms with E-state index >= 15 is 0 Å². The van der Waals surface area contributed by atoms with Crippen LogP contribution in [-0.4, -0.2) is 34.3 Å². The fraction of sp³-hybridized carbons (Fsp3) is 0.350. The number of methoxy groups -OCH3 is 2. The molecule has 0 amide bonds. The van der Waals surface area contributed by atoms with Crippen LogP contribution in [0.4, 0.5) is 5.69 Å². The highest BCUT2D eigenvalue weighted by atomic mass is 16.5. The molecule has 0 atom stereocenters. The molecule has 0 aliphatic heterocycles. The Kier molecular flexibility index (Phi) is 6.72. The molecule has 0 unspecified atom stereocenters. The lowest BCUT2D eigenvalue weighted by Gasteiger charge is -2.15. The zero-order chi connectivity index (χ0) is 19.1. The number of aryl methyl sites for hydroxylation is 1. The second-order valence-corrected chi connectivity index (χ2v) is 6.25. The number of benzene rings is 2. The standard InChI is InChI=1S/C20H28N4O2/c1-14-10-17(24(2)3)8-7-16(14)13-23-20(21)22-12-15-6-9-18(25-4)19(11-15)26-5/h6-11H,12-13H2,1-5H3,(H3,21,22,23). The van der Waals surface area contributed by atoms with E-state index in [1.807, 2.05) is 32.3 Å². The lowest BCUT2D eigenvalue weighted by Crippen LogP contribution is -2.31. The van der Waals surface area contributed by atoms with Crippen molar-refractivity contribution in [1.82, 2.24) is 5.32 Å². The first-order chi connectivity index (χ1) is 12.4. The molecule has 6 heteroatoms. The normalized spacial score (nSPS) is 11.2. The lowest BCUT2D eigenvalue weighted by atomic mass is 10.1. The van der Waals surface area contributed by atoms with E-state index in [9.17, 15) is 0 Å². The van der Waals surface area contributed by atoms with Crippen molar-refractivity contribution >= 4 is 11.6 Å². The van der Waals surface area contributed by atoms with Crippen molar-refractivity contribution in [3.63, 3.8) is 0 Å². The average Bonchev–Trinajstić information content (AvgIpc) is 2.64. The second-order valence-electron chi connectivity index (χ2n) is 6.25. The Labute approximate surface area is 155 Å². The van der Waals surface area contributed by atoms with Gasteiger partial charge in [-0.15, -0.1) is 0 Å². The van der Waals surface area contributed by atoms with Crippen molar-refractivity contribution in [2.75, 3.05) is 33.2 Å². The van der Waals surface area contributed by atoms with Crippen molar-refractivity contribution in [3.8, 4) is 11.5 Å². The van der Waals surface area contributed by atoms with Crippen LogP contribution in [0.1, 0.15) is 16.7 Å². The van der Waals surface area contributed by atoms with Gasteiger partial charge in [-0.3, -0.25) is 0 Å². The Morgan fingerprint density at radius 2 is 1.81 bits per heavy atom. The van der Waals surface area contributed by atoms with Gasteiger partial charge in [0.15, 0.2) is 17.5 Å². The molecule has 0 heterocycles. The van der Waals surface area contributed by atoms with E-state index in [4.69, 9.17) is 15.2 Å². The van der Waals surface area contributed by atoms with Gasteiger partial charge in [-0.25, -0.2) is 4.99 Å². The molecular weight excluding hydrogens is 328 g/mol. The topological polar surface area (TPSA) is 72.1 Å². The van der Waals surface area contributed by atoms with Crippen LogP contribution < -0.4 is 25.4 Å². The van der Waals surface area contributed by atoms with Gasteiger partial charge in [-0.2, -0.15) is 0 Å². The Morgan fingerprint density at radius 3 is 2.42 bits per heavy atom. The van der Waals surface area contributed by atoms with Gasteiger partial charge in [-0.1, -0.05) is 12.1 Å². The lowest BCUT2D eigenvalue weighted by molar-refractivity contribution is 0.354. The molecule has 2 aromatic rings. The van der Waals surface area contributed by atoms with Crippen molar-refractivity contribution in [1.29, 1.82) is 0 Å². The molecule has 0 aromatic heterocycles. The van der Waals surface area contributed by atoms with Crippen LogP contribution in [0.2, 0.25) is 0 Å². The summed E-state index contributed by atoms with van der Waals surface area (Å²) in [6.45, 7) is 3.21. The van der Waals surface area contributed by atoms with E-state index in [0.717, 1.165) is 5.56 Å². The second kappa shape index (κ2) is 8.99. The van der Waals surface area contributed by atoms with Gasteiger partial charge in [0.05, 0.1) is 20.8 Å². The SMILES string of the molecule is COc1ccc(CN=C(N)NCc2ccc(N(C)C)cc2C)cc1OC. The number of nitrogens with one attached hydrogen (secondary N) is 1. The maximum Gasteiger partial charge on any atom is 0.189 e. The van der Waals surface area contributed by atoms with E-state index in [1.165, 1.54) is 16.8 Å². The van der Waals surface area contributed by atoms with Crippen molar-refractivity contribution in [3.05, 3.63) is 53.1 Å². The average molecular weight is 356 g/mol. The molecule has 26 heavy (non-hydrogen) atoms. The monoisotopic (exact) mass is 356 g/mol. The zero-order valence-corrected chi connectivity index (χ0v) is 16.2. The number of ether oxygens (including phenoxy) is 2. The summed E-state index contributed by atoms with van der Waals surface area (Å²) in [5.41, 5.74) is 10.6. The molecular formula is C20H28N4O2. The Balaban J connectivity index is 1.96. The fourth-order valence-electron chi connectivity index (χ4n) is 2.55. The van der Waals surface area contributed by atoms with Gasteiger partial charge in [0.25, 0.3) is 0 Å². The quantitative estimate of drug-likeness (QED) is 0.589. The third-order valence-corrected chi connectivity index (χ3v) is 4.18. The summed E-state index contributed by atoms with van der Waals surface area (Å²) in [6, 6.07) is 12.1. The van der Waals surface area contributed by atoms with Crippen LogP contribution in [0, 0.1) is 6.92 Å². The molecule has 6 nitrogen and oxygen atoms in total. The summed E-state index contributed by atoms with van der Waals surface area (Å²) in [5, 5.41) is 3.17. The number of nitrogens with zero attached hydrogens (tertiary/aromatic N) is 2. The first-order valence-electron chi connectivity index (χ1n) is 8.46. The zero-order valence-electron chi connectivity index (χ0n) is 16.2. The van der Waals surface area contributed by atoms with E-state index in [-0.39, 0.29) is 0 Å². The van der Waals surface area contributed by atoms with Crippen LogP contribution in [0.25, 0.3) is 0 Å². The minimum Gasteiger partial charge on any atom is -0.493 e. The number of nitrogens with two attached hydrogens (primary N) is 1. The number of anilines is 1. The Hall–Kier alpha value is -2.89. The fourth-order valence-corrected chi connectivity index (χ4v) is 2.55. The predicted octanol–water partition coefficient (Wildman–Crippen LogP) is 2.68.